The van der Waals surface area contributed by atoms with Gasteiger partial charge < -0.3 is 5.32 Å². The normalized spacial score (nSPS) is 22.1. The highest BCUT2D eigenvalue weighted by Crippen LogP contribution is 2.53. The molecule has 0 saturated carbocycles. The fourth-order valence-corrected chi connectivity index (χ4v) is 4.93. The van der Waals surface area contributed by atoms with E-state index in [0.29, 0.717) is 0 Å². The SMILES string of the molecule is CC1(C)CC(=O)C2=C(C1)N(c1cccc(Cl)c1)C(=O)[C@]2(NC(=O)c1ccccc1Cl)C(F)(F)F. The number of nitrogens with one attached hydrogen (secondary N) is 1. The maximum Gasteiger partial charge on any atom is 0.425 e. The summed E-state index contributed by atoms with van der Waals surface area (Å²) in [5, 5.41) is 1.95. The van der Waals surface area contributed by atoms with Gasteiger partial charge in [0.05, 0.1) is 21.8 Å². The number of ketones is 1. The van der Waals surface area contributed by atoms with Crippen molar-refractivity contribution in [2.45, 2.75) is 38.4 Å². The van der Waals surface area contributed by atoms with E-state index in [1.165, 1.54) is 48.5 Å². The van der Waals surface area contributed by atoms with E-state index in [1.807, 2.05) is 5.32 Å². The van der Waals surface area contributed by atoms with E-state index < -0.39 is 40.3 Å². The molecule has 0 saturated heterocycles. The second-order valence-corrected chi connectivity index (χ2v) is 9.91. The monoisotopic (exact) mass is 510 g/mol. The van der Waals surface area contributed by atoms with E-state index in [2.05, 4.69) is 0 Å². The van der Waals surface area contributed by atoms with E-state index >= 15 is 0 Å². The van der Waals surface area contributed by atoms with Crippen molar-refractivity contribution in [3.8, 4) is 0 Å². The first kappa shape index (κ1) is 24.3. The van der Waals surface area contributed by atoms with Crippen molar-refractivity contribution in [3.63, 3.8) is 0 Å². The van der Waals surface area contributed by atoms with Crippen molar-refractivity contribution >= 4 is 46.5 Å². The fourth-order valence-electron chi connectivity index (χ4n) is 4.52. The summed E-state index contributed by atoms with van der Waals surface area (Å²) in [6.45, 7) is 3.45. The average Bonchev–Trinajstić information content (AvgIpc) is 2.95. The zero-order chi connectivity index (χ0) is 25.1. The summed E-state index contributed by atoms with van der Waals surface area (Å²) < 4.78 is 44.5. The van der Waals surface area contributed by atoms with Crippen LogP contribution in [0.1, 0.15) is 37.0 Å². The number of carbonyl (C=O) groups excluding carboxylic acids is 3. The number of allylic oxidation sites excluding steroid dienone is 1. The number of alkyl halides is 3. The molecule has 10 heteroatoms. The molecule has 0 aromatic heterocycles. The Labute approximate surface area is 203 Å². The van der Waals surface area contributed by atoms with Crippen LogP contribution in [0.2, 0.25) is 10.0 Å². The Morgan fingerprint density at radius 3 is 2.32 bits per heavy atom. The highest BCUT2D eigenvalue weighted by Gasteiger charge is 2.72. The molecular weight excluding hydrogens is 492 g/mol. The highest BCUT2D eigenvalue weighted by atomic mass is 35.5. The van der Waals surface area contributed by atoms with Gasteiger partial charge in [-0.1, -0.05) is 55.2 Å². The molecule has 0 bridgehead atoms. The van der Waals surface area contributed by atoms with Gasteiger partial charge in [-0.3, -0.25) is 19.3 Å². The molecule has 2 aliphatic rings. The van der Waals surface area contributed by atoms with E-state index in [9.17, 15) is 27.6 Å². The number of nitrogens with zero attached hydrogens (tertiary/aromatic N) is 1. The summed E-state index contributed by atoms with van der Waals surface area (Å²) in [5.74, 6) is -3.59. The molecular formula is C24H19Cl2F3N2O3. The van der Waals surface area contributed by atoms with Crippen molar-refractivity contribution < 1.29 is 27.6 Å². The molecule has 0 unspecified atom stereocenters. The first-order valence-electron chi connectivity index (χ1n) is 10.3. The van der Waals surface area contributed by atoms with Crippen LogP contribution in [0.15, 0.2) is 59.8 Å². The average molecular weight is 511 g/mol. The molecule has 2 aromatic rings. The molecule has 1 heterocycles. The zero-order valence-electron chi connectivity index (χ0n) is 18.1. The molecule has 1 aliphatic heterocycles. The molecule has 5 nitrogen and oxygen atoms in total. The van der Waals surface area contributed by atoms with Gasteiger partial charge in [-0.2, -0.15) is 13.2 Å². The lowest BCUT2D eigenvalue weighted by Gasteiger charge is -2.35. The highest BCUT2D eigenvalue weighted by molar-refractivity contribution is 6.34. The summed E-state index contributed by atoms with van der Waals surface area (Å²) in [4.78, 5) is 40.7. The minimum absolute atomic E-state index is 0.00607. The third kappa shape index (κ3) is 3.79. The number of hydrogen-bond donors (Lipinski definition) is 1. The second-order valence-electron chi connectivity index (χ2n) is 9.06. The van der Waals surface area contributed by atoms with Crippen molar-refractivity contribution in [1.82, 2.24) is 5.32 Å². The largest absolute Gasteiger partial charge is 0.425 e. The fraction of sp³-hybridized carbons (Fsp3) is 0.292. The number of halogens is 5. The smallest absolute Gasteiger partial charge is 0.326 e. The van der Waals surface area contributed by atoms with Gasteiger partial charge in [-0.25, -0.2) is 0 Å². The van der Waals surface area contributed by atoms with Crippen LogP contribution in [0.3, 0.4) is 0 Å². The Kier molecular flexibility index (Phi) is 5.81. The van der Waals surface area contributed by atoms with E-state index in [4.69, 9.17) is 23.2 Å². The molecule has 2 aromatic carbocycles. The molecule has 0 radical (unpaired) electrons. The Bertz CT molecular complexity index is 1260. The van der Waals surface area contributed by atoms with Crippen LogP contribution in [0.5, 0.6) is 0 Å². The second kappa shape index (κ2) is 8.13. The first-order valence-corrected chi connectivity index (χ1v) is 11.0. The zero-order valence-corrected chi connectivity index (χ0v) is 19.6. The van der Waals surface area contributed by atoms with E-state index in [1.54, 1.807) is 13.8 Å². The standard InChI is InChI=1S/C24H19Cl2F3N2O3/c1-22(2)11-17-19(18(32)12-22)23(24(27,28)29,30-20(33)15-8-3-4-9-16(15)26)21(34)31(17)14-7-5-6-13(25)10-14/h3-10H,11-12H2,1-2H3,(H,30,33)/t23-/m0/s1. The topological polar surface area (TPSA) is 66.5 Å². The van der Waals surface area contributed by atoms with E-state index in [-0.39, 0.29) is 39.8 Å². The number of Topliss-reactive ketones (excluding diaryl/α,β-unsaturated/α-hetero) is 1. The molecule has 4 rings (SSSR count). The van der Waals surface area contributed by atoms with Gasteiger partial charge in [-0.05, 0) is 42.2 Å². The van der Waals surface area contributed by atoms with Crippen molar-refractivity contribution in [2.24, 2.45) is 5.41 Å². The quantitative estimate of drug-likeness (QED) is 0.574. The Balaban J connectivity index is 1.96. The summed E-state index contributed by atoms with van der Waals surface area (Å²) in [6, 6.07) is 11.2. The van der Waals surface area contributed by atoms with Crippen LogP contribution in [-0.2, 0) is 9.59 Å². The lowest BCUT2D eigenvalue weighted by Crippen LogP contribution is -2.66. The molecule has 1 aliphatic carbocycles. The van der Waals surface area contributed by atoms with Crippen LogP contribution < -0.4 is 10.2 Å². The third-order valence-corrected chi connectivity index (χ3v) is 6.50. The Morgan fingerprint density at radius 2 is 1.71 bits per heavy atom. The third-order valence-electron chi connectivity index (χ3n) is 5.93. The van der Waals surface area contributed by atoms with Crippen LogP contribution in [-0.4, -0.2) is 29.3 Å². The number of anilines is 1. The van der Waals surface area contributed by atoms with Gasteiger partial charge in [0.2, 0.25) is 5.54 Å². The van der Waals surface area contributed by atoms with Crippen LogP contribution in [0, 0.1) is 5.41 Å². The van der Waals surface area contributed by atoms with Crippen LogP contribution >= 0.6 is 23.2 Å². The first-order chi connectivity index (χ1) is 15.8. The maximum atomic E-state index is 14.8. The van der Waals surface area contributed by atoms with Gasteiger partial charge in [0.1, 0.15) is 0 Å². The molecule has 1 atom stereocenters. The van der Waals surface area contributed by atoms with Crippen molar-refractivity contribution in [3.05, 3.63) is 75.4 Å². The summed E-state index contributed by atoms with van der Waals surface area (Å²) in [7, 11) is 0. The minimum Gasteiger partial charge on any atom is -0.326 e. The molecule has 0 spiro atoms. The number of benzene rings is 2. The number of hydrogen-bond acceptors (Lipinski definition) is 3. The Hall–Kier alpha value is -2.84. The number of amides is 2. The van der Waals surface area contributed by atoms with Gasteiger partial charge in [0, 0.05) is 17.1 Å². The van der Waals surface area contributed by atoms with Gasteiger partial charge in [0.25, 0.3) is 11.8 Å². The van der Waals surface area contributed by atoms with E-state index in [0.717, 1.165) is 4.90 Å². The molecule has 1 N–H and O–H groups in total. The van der Waals surface area contributed by atoms with Crippen molar-refractivity contribution in [2.75, 3.05) is 4.90 Å². The molecule has 0 fully saturated rings. The summed E-state index contributed by atoms with van der Waals surface area (Å²) in [5.41, 5.74) is -5.35. The minimum atomic E-state index is -5.33. The predicted molar refractivity (Wildman–Crippen MR) is 122 cm³/mol. The summed E-state index contributed by atoms with van der Waals surface area (Å²) in [6.07, 6.45) is -5.54. The molecule has 2 amide bonds. The number of rotatable bonds is 3. The lowest BCUT2D eigenvalue weighted by molar-refractivity contribution is -0.186. The van der Waals surface area contributed by atoms with Gasteiger partial charge in [-0.15, -0.1) is 0 Å². The van der Waals surface area contributed by atoms with Crippen molar-refractivity contribution in [1.29, 1.82) is 0 Å². The maximum absolute atomic E-state index is 14.8. The molecule has 178 valence electrons. The molecule has 34 heavy (non-hydrogen) atoms. The predicted octanol–water partition coefficient (Wildman–Crippen LogP) is 5.71. The number of carbonyl (C=O) groups is 3. The van der Waals surface area contributed by atoms with Crippen LogP contribution in [0.4, 0.5) is 18.9 Å². The van der Waals surface area contributed by atoms with Gasteiger partial charge >= 0.3 is 6.18 Å². The van der Waals surface area contributed by atoms with Gasteiger partial charge in [0.15, 0.2) is 5.78 Å². The summed E-state index contributed by atoms with van der Waals surface area (Å²) >= 11 is 12.1. The lowest BCUT2D eigenvalue weighted by atomic mass is 9.72. The van der Waals surface area contributed by atoms with Crippen LogP contribution in [0.25, 0.3) is 0 Å². The Morgan fingerprint density at radius 1 is 1.03 bits per heavy atom.